The zero-order chi connectivity index (χ0) is 28.3. The molecule has 1 unspecified atom stereocenters. The lowest BCUT2D eigenvalue weighted by Gasteiger charge is -2.55. The number of hydrogen-bond donors (Lipinski definition) is 2. The maximum Gasteiger partial charge on any atom is 0.414 e. The molecule has 1 aliphatic heterocycles. The second kappa shape index (κ2) is 8.38. The Labute approximate surface area is 229 Å². The molecule has 2 bridgehead atoms. The molecule has 212 valence electrons. The molecule has 1 saturated heterocycles. The van der Waals surface area contributed by atoms with Crippen LogP contribution in [0.2, 0.25) is 0 Å². The fraction of sp³-hybridized carbons (Fsp3) is 0.645. The largest absolute Gasteiger partial charge is 0.438 e. The van der Waals surface area contributed by atoms with Crippen molar-refractivity contribution in [1.82, 2.24) is 0 Å². The minimum atomic E-state index is -1.79. The van der Waals surface area contributed by atoms with E-state index in [1.54, 1.807) is 19.9 Å². The highest BCUT2D eigenvalue weighted by Crippen LogP contribution is 2.73. The average molecular weight is 542 g/mol. The Morgan fingerprint density at radius 2 is 1.95 bits per heavy atom. The number of halogens is 1. The molecule has 0 radical (unpaired) electrons. The molecule has 2 N–H and O–H groups in total. The van der Waals surface area contributed by atoms with Crippen LogP contribution in [0.1, 0.15) is 48.0 Å². The fourth-order valence-electron chi connectivity index (χ4n) is 8.58. The van der Waals surface area contributed by atoms with E-state index in [0.717, 1.165) is 12.0 Å². The molecule has 1 spiro atoms. The normalized spacial score (nSPS) is 43.0. The number of ether oxygens (including phenoxy) is 3. The Morgan fingerprint density at radius 1 is 1.23 bits per heavy atom. The van der Waals surface area contributed by atoms with Crippen LogP contribution in [0.3, 0.4) is 0 Å². The van der Waals surface area contributed by atoms with Crippen LogP contribution in [-0.4, -0.2) is 59.7 Å². The summed E-state index contributed by atoms with van der Waals surface area (Å²) in [6.45, 7) is 12.3. The van der Waals surface area contributed by atoms with Crippen molar-refractivity contribution in [1.29, 1.82) is 0 Å². The van der Waals surface area contributed by atoms with E-state index in [2.05, 4.69) is 26.8 Å². The van der Waals surface area contributed by atoms with E-state index in [9.17, 15) is 19.4 Å². The topological polar surface area (TPSA) is 88.5 Å². The van der Waals surface area contributed by atoms with Gasteiger partial charge in [-0.1, -0.05) is 39.0 Å². The van der Waals surface area contributed by atoms with Crippen molar-refractivity contribution in [3.05, 3.63) is 53.4 Å². The second-order valence-corrected chi connectivity index (χ2v) is 13.5. The molecule has 39 heavy (non-hydrogen) atoms. The van der Waals surface area contributed by atoms with Gasteiger partial charge in [0, 0.05) is 18.7 Å². The predicted octanol–water partition coefficient (Wildman–Crippen LogP) is 4.83. The van der Waals surface area contributed by atoms with E-state index in [1.165, 1.54) is 30.1 Å². The monoisotopic (exact) mass is 541 g/mol. The van der Waals surface area contributed by atoms with Crippen LogP contribution < -0.4 is 4.90 Å². The maximum atomic E-state index is 13.9. The molecule has 1 aromatic carbocycles. The third-order valence-corrected chi connectivity index (χ3v) is 10.6. The van der Waals surface area contributed by atoms with Crippen molar-refractivity contribution in [2.45, 2.75) is 77.7 Å². The van der Waals surface area contributed by atoms with Gasteiger partial charge < -0.3 is 24.4 Å². The van der Waals surface area contributed by atoms with Crippen molar-refractivity contribution < 1.29 is 33.6 Å². The molecule has 0 aromatic heterocycles. The Balaban J connectivity index is 1.46. The number of hydrogen-bond acceptors (Lipinski definition) is 6. The smallest absolute Gasteiger partial charge is 0.414 e. The quantitative estimate of drug-likeness (QED) is 0.522. The van der Waals surface area contributed by atoms with Crippen LogP contribution in [0, 0.1) is 40.3 Å². The van der Waals surface area contributed by atoms with Gasteiger partial charge in [0.1, 0.15) is 17.5 Å². The summed E-state index contributed by atoms with van der Waals surface area (Å²) >= 11 is 0. The molecule has 4 aliphatic carbocycles. The molecule has 1 heterocycles. The molecule has 1 aromatic rings. The first kappa shape index (κ1) is 26.9. The van der Waals surface area contributed by atoms with Gasteiger partial charge in [0.05, 0.1) is 18.1 Å². The molecule has 3 fully saturated rings. The number of rotatable bonds is 2. The molecule has 6 rings (SSSR count). The van der Waals surface area contributed by atoms with Crippen molar-refractivity contribution >= 4 is 11.8 Å². The molecule has 8 heteroatoms. The van der Waals surface area contributed by atoms with Crippen molar-refractivity contribution in [2.24, 2.45) is 34.5 Å². The van der Waals surface area contributed by atoms with Gasteiger partial charge in [-0.2, -0.15) is 0 Å². The van der Waals surface area contributed by atoms with Gasteiger partial charge in [-0.3, -0.25) is 4.90 Å². The van der Waals surface area contributed by atoms with E-state index in [-0.39, 0.29) is 29.8 Å². The van der Waals surface area contributed by atoms with Crippen LogP contribution >= 0.6 is 0 Å². The highest BCUT2D eigenvalue weighted by atomic mass is 19.1. The van der Waals surface area contributed by atoms with Gasteiger partial charge in [-0.05, 0) is 79.7 Å². The summed E-state index contributed by atoms with van der Waals surface area (Å²) in [6.07, 6.45) is 1.25. The van der Waals surface area contributed by atoms with Gasteiger partial charge in [0.2, 0.25) is 0 Å². The summed E-state index contributed by atoms with van der Waals surface area (Å²) in [7, 11) is 1.51. The van der Waals surface area contributed by atoms with E-state index in [1.807, 2.05) is 13.0 Å². The van der Waals surface area contributed by atoms with Gasteiger partial charge in [-0.15, -0.1) is 0 Å². The maximum absolute atomic E-state index is 13.9. The first-order valence-corrected chi connectivity index (χ1v) is 14.0. The number of carbonyl (C=O) groups is 1. The van der Waals surface area contributed by atoms with E-state index in [4.69, 9.17) is 14.2 Å². The lowest BCUT2D eigenvalue weighted by molar-refractivity contribution is -0.311. The minimum absolute atomic E-state index is 0.0725. The third-order valence-electron chi connectivity index (χ3n) is 10.6. The number of anilines is 1. The number of aliphatic hydroxyl groups excluding tert-OH is 1. The number of nitrogens with zero attached hydrogens (tertiary/aromatic N) is 1. The van der Waals surface area contributed by atoms with Crippen molar-refractivity contribution in [2.75, 3.05) is 18.6 Å². The Morgan fingerprint density at radius 3 is 2.64 bits per heavy atom. The third kappa shape index (κ3) is 3.57. The predicted molar refractivity (Wildman–Crippen MR) is 143 cm³/mol. The summed E-state index contributed by atoms with van der Waals surface area (Å²) in [5, 5.41) is 25.4. The SMILES string of the molecule is CC1=C[C@]23C(O)[C@@H](C=C4COC(C)(C)O[C@H]4[C@]2(O)[C@H]1OC(=O)N(C)c1cccc(F)c1)[C@H]1[C@@H](C[C@H]3C)C1(C)C. The van der Waals surface area contributed by atoms with Crippen LogP contribution in [0.15, 0.2) is 47.6 Å². The average Bonchev–Trinajstić information content (AvgIpc) is 3.35. The molecule has 2 saturated carbocycles. The first-order valence-electron chi connectivity index (χ1n) is 14.0. The van der Waals surface area contributed by atoms with E-state index >= 15 is 0 Å². The number of carbonyl (C=O) groups excluding carboxylic acids is 1. The molecule has 9 atom stereocenters. The van der Waals surface area contributed by atoms with Crippen LogP contribution in [0.4, 0.5) is 14.9 Å². The van der Waals surface area contributed by atoms with Gasteiger partial charge in [0.25, 0.3) is 0 Å². The summed E-state index contributed by atoms with van der Waals surface area (Å²) in [4.78, 5) is 14.7. The van der Waals surface area contributed by atoms with Crippen molar-refractivity contribution in [3.63, 3.8) is 0 Å². The standard InChI is InChI=1S/C31H40FNO6/c1-16-14-30-17(2)11-22-23(28(22,3)4)21(24(30)34)12-18-15-37-29(5,6)39-26(18)31(30,36)25(16)38-27(35)33(7)20-10-8-9-19(32)13-20/h8-10,12-14,17,21-26,34,36H,11,15H2,1-7H3/t17-,21+,22-,23+,24?,25+,26-,30+,31-/m1/s1. The highest BCUT2D eigenvalue weighted by Gasteiger charge is 2.77. The van der Waals surface area contributed by atoms with E-state index in [0.29, 0.717) is 17.2 Å². The lowest BCUT2D eigenvalue weighted by Crippen LogP contribution is -2.69. The van der Waals surface area contributed by atoms with Crippen molar-refractivity contribution in [3.8, 4) is 0 Å². The fourth-order valence-corrected chi connectivity index (χ4v) is 8.58. The number of aliphatic hydroxyl groups is 2. The van der Waals surface area contributed by atoms with E-state index < -0.39 is 47.0 Å². The zero-order valence-corrected chi connectivity index (χ0v) is 23.8. The first-order chi connectivity index (χ1) is 18.1. The molecular weight excluding hydrogens is 501 g/mol. The molecular formula is C31H40FNO6. The van der Waals surface area contributed by atoms with Crippen LogP contribution in [0.25, 0.3) is 0 Å². The molecule has 7 nitrogen and oxygen atoms in total. The Kier molecular flexibility index (Phi) is 5.79. The van der Waals surface area contributed by atoms with Crippen LogP contribution in [-0.2, 0) is 14.2 Å². The van der Waals surface area contributed by atoms with Gasteiger partial charge in [0.15, 0.2) is 11.9 Å². The molecule has 1 amide bonds. The zero-order valence-electron chi connectivity index (χ0n) is 23.8. The summed E-state index contributed by atoms with van der Waals surface area (Å²) < 4.78 is 32.5. The summed E-state index contributed by atoms with van der Waals surface area (Å²) in [5.41, 5.74) is -1.09. The second-order valence-electron chi connectivity index (χ2n) is 13.5. The Bertz CT molecular complexity index is 1270. The number of amides is 1. The molecule has 5 aliphatic rings. The van der Waals surface area contributed by atoms with Gasteiger partial charge >= 0.3 is 6.09 Å². The number of fused-ring (bicyclic) bond motifs is 5. The lowest BCUT2D eigenvalue weighted by atomic mass is 9.58. The van der Waals surface area contributed by atoms with Gasteiger partial charge in [-0.25, -0.2) is 9.18 Å². The Hall–Kier alpha value is -2.26. The minimum Gasteiger partial charge on any atom is -0.438 e. The highest BCUT2D eigenvalue weighted by molar-refractivity contribution is 5.87. The van der Waals surface area contributed by atoms with Crippen LogP contribution in [0.5, 0.6) is 0 Å². The number of benzene rings is 1. The summed E-state index contributed by atoms with van der Waals surface area (Å²) in [6, 6.07) is 5.69. The summed E-state index contributed by atoms with van der Waals surface area (Å²) in [5.74, 6) is -1.13.